The van der Waals surface area contributed by atoms with Crippen molar-refractivity contribution in [2.75, 3.05) is 0 Å². The molecular formula is C11H14F2O. The lowest BCUT2D eigenvalue weighted by Crippen LogP contribution is -2.15. The van der Waals surface area contributed by atoms with Crippen LogP contribution in [0.1, 0.15) is 19.4 Å². The van der Waals surface area contributed by atoms with E-state index in [9.17, 15) is 13.9 Å². The molecule has 14 heavy (non-hydrogen) atoms. The number of rotatable bonds is 3. The van der Waals surface area contributed by atoms with Crippen LogP contribution in [0.5, 0.6) is 0 Å². The average molecular weight is 200 g/mol. The van der Waals surface area contributed by atoms with Gasteiger partial charge in [0.25, 0.3) is 0 Å². The Balaban J connectivity index is 2.73. The maximum absolute atomic E-state index is 12.8. The van der Waals surface area contributed by atoms with Gasteiger partial charge in [-0.3, -0.25) is 0 Å². The number of aliphatic hydroxyl groups is 1. The first-order chi connectivity index (χ1) is 6.50. The third kappa shape index (κ3) is 2.77. The highest BCUT2D eigenvalue weighted by atomic mass is 19.2. The summed E-state index contributed by atoms with van der Waals surface area (Å²) in [5.41, 5.74) is 0.706. The van der Waals surface area contributed by atoms with Gasteiger partial charge in [0, 0.05) is 0 Å². The van der Waals surface area contributed by atoms with E-state index in [1.165, 1.54) is 12.1 Å². The Morgan fingerprint density at radius 1 is 1.21 bits per heavy atom. The Bertz CT molecular complexity index is 310. The van der Waals surface area contributed by atoms with E-state index >= 15 is 0 Å². The van der Waals surface area contributed by atoms with Crippen molar-refractivity contribution in [3.8, 4) is 0 Å². The minimum absolute atomic E-state index is 0.0415. The summed E-state index contributed by atoms with van der Waals surface area (Å²) in [5, 5.41) is 9.24. The molecule has 0 radical (unpaired) electrons. The molecule has 78 valence electrons. The highest BCUT2D eigenvalue weighted by molar-refractivity contribution is 5.18. The summed E-state index contributed by atoms with van der Waals surface area (Å²) in [4.78, 5) is 0. The molecule has 0 amide bonds. The second-order valence-electron chi connectivity index (χ2n) is 3.67. The average Bonchev–Trinajstić information content (AvgIpc) is 2.11. The van der Waals surface area contributed by atoms with Crippen molar-refractivity contribution in [3.05, 3.63) is 35.4 Å². The molecule has 2 atom stereocenters. The van der Waals surface area contributed by atoms with E-state index in [2.05, 4.69) is 0 Å². The van der Waals surface area contributed by atoms with Gasteiger partial charge in [0.2, 0.25) is 0 Å². The molecule has 0 heterocycles. The molecule has 1 N–H and O–H groups in total. The van der Waals surface area contributed by atoms with E-state index in [4.69, 9.17) is 0 Å². The Kier molecular flexibility index (Phi) is 3.58. The first-order valence-electron chi connectivity index (χ1n) is 4.62. The molecule has 2 unspecified atom stereocenters. The van der Waals surface area contributed by atoms with Crippen molar-refractivity contribution in [1.29, 1.82) is 0 Å². The fraction of sp³-hybridized carbons (Fsp3) is 0.455. The SMILES string of the molecule is CC(O)C(C)Cc1ccc(F)c(F)c1. The van der Waals surface area contributed by atoms with Gasteiger partial charge in [-0.05, 0) is 37.0 Å². The minimum atomic E-state index is -0.835. The van der Waals surface area contributed by atoms with Gasteiger partial charge in [0.1, 0.15) is 0 Å². The molecule has 3 heteroatoms. The molecule has 1 rings (SSSR count). The van der Waals surface area contributed by atoms with Gasteiger partial charge >= 0.3 is 0 Å². The molecule has 0 fully saturated rings. The van der Waals surface area contributed by atoms with Crippen molar-refractivity contribution in [3.63, 3.8) is 0 Å². The Hall–Kier alpha value is -0.960. The highest BCUT2D eigenvalue weighted by Gasteiger charge is 2.11. The zero-order valence-electron chi connectivity index (χ0n) is 8.30. The van der Waals surface area contributed by atoms with Crippen LogP contribution in [0.15, 0.2) is 18.2 Å². The summed E-state index contributed by atoms with van der Waals surface area (Å²) in [6.07, 6.45) is 0.109. The zero-order chi connectivity index (χ0) is 10.7. The maximum Gasteiger partial charge on any atom is 0.159 e. The first kappa shape index (κ1) is 11.1. The van der Waals surface area contributed by atoms with Gasteiger partial charge in [0.05, 0.1) is 6.10 Å². The number of benzene rings is 1. The topological polar surface area (TPSA) is 20.2 Å². The number of aliphatic hydroxyl groups excluding tert-OH is 1. The summed E-state index contributed by atoms with van der Waals surface area (Å²) in [7, 11) is 0. The van der Waals surface area contributed by atoms with E-state index in [0.29, 0.717) is 12.0 Å². The van der Waals surface area contributed by atoms with Crippen LogP contribution in [-0.2, 0) is 6.42 Å². The second kappa shape index (κ2) is 4.51. The smallest absolute Gasteiger partial charge is 0.159 e. The lowest BCUT2D eigenvalue weighted by atomic mass is 9.97. The van der Waals surface area contributed by atoms with Crippen LogP contribution in [0.25, 0.3) is 0 Å². The molecule has 1 aromatic carbocycles. The highest BCUT2D eigenvalue weighted by Crippen LogP contribution is 2.14. The Labute approximate surface area is 82.4 Å². The monoisotopic (exact) mass is 200 g/mol. The van der Waals surface area contributed by atoms with E-state index in [1.54, 1.807) is 6.92 Å². The normalized spacial score (nSPS) is 15.2. The molecule has 1 aromatic rings. The summed E-state index contributed by atoms with van der Waals surface area (Å²) < 4.78 is 25.4. The molecule has 0 saturated carbocycles. The zero-order valence-corrected chi connectivity index (χ0v) is 8.30. The lowest BCUT2D eigenvalue weighted by Gasteiger charge is -2.14. The summed E-state index contributed by atoms with van der Waals surface area (Å²) in [6.45, 7) is 3.55. The van der Waals surface area contributed by atoms with Gasteiger partial charge in [-0.2, -0.15) is 0 Å². The Morgan fingerprint density at radius 3 is 2.36 bits per heavy atom. The third-order valence-corrected chi connectivity index (χ3v) is 2.37. The van der Waals surface area contributed by atoms with Crippen molar-refractivity contribution < 1.29 is 13.9 Å². The first-order valence-corrected chi connectivity index (χ1v) is 4.62. The minimum Gasteiger partial charge on any atom is -0.393 e. The van der Waals surface area contributed by atoms with Gasteiger partial charge in [-0.1, -0.05) is 13.0 Å². The van der Waals surface area contributed by atoms with Crippen LogP contribution >= 0.6 is 0 Å². The van der Waals surface area contributed by atoms with Gasteiger partial charge < -0.3 is 5.11 Å². The van der Waals surface area contributed by atoms with Crippen LogP contribution < -0.4 is 0 Å². The quantitative estimate of drug-likeness (QED) is 0.794. The van der Waals surface area contributed by atoms with Gasteiger partial charge in [-0.25, -0.2) is 8.78 Å². The number of halogens is 2. The molecule has 0 bridgehead atoms. The summed E-state index contributed by atoms with van der Waals surface area (Å²) >= 11 is 0. The van der Waals surface area contributed by atoms with Gasteiger partial charge in [-0.15, -0.1) is 0 Å². The van der Waals surface area contributed by atoms with Gasteiger partial charge in [0.15, 0.2) is 11.6 Å². The van der Waals surface area contributed by atoms with Crippen LogP contribution in [-0.4, -0.2) is 11.2 Å². The summed E-state index contributed by atoms with van der Waals surface area (Å²) in [6, 6.07) is 3.82. The molecule has 0 saturated heterocycles. The molecule has 0 spiro atoms. The fourth-order valence-corrected chi connectivity index (χ4v) is 1.21. The number of hydrogen-bond donors (Lipinski definition) is 1. The fourth-order valence-electron chi connectivity index (χ4n) is 1.21. The van der Waals surface area contributed by atoms with Crippen molar-refractivity contribution in [2.45, 2.75) is 26.4 Å². The molecule has 1 nitrogen and oxygen atoms in total. The van der Waals surface area contributed by atoms with E-state index < -0.39 is 17.7 Å². The van der Waals surface area contributed by atoms with Crippen LogP contribution in [0.2, 0.25) is 0 Å². The standard InChI is InChI=1S/C11H14F2O/c1-7(8(2)14)5-9-3-4-10(12)11(13)6-9/h3-4,6-8,14H,5H2,1-2H3. The summed E-state index contributed by atoms with van der Waals surface area (Å²) in [5.74, 6) is -1.63. The van der Waals surface area contributed by atoms with E-state index in [-0.39, 0.29) is 5.92 Å². The van der Waals surface area contributed by atoms with Crippen molar-refractivity contribution >= 4 is 0 Å². The predicted molar refractivity (Wildman–Crippen MR) is 50.9 cm³/mol. The van der Waals surface area contributed by atoms with Crippen LogP contribution in [0.3, 0.4) is 0 Å². The molecule has 0 aliphatic heterocycles. The molecule has 0 aliphatic rings. The lowest BCUT2D eigenvalue weighted by molar-refractivity contribution is 0.135. The van der Waals surface area contributed by atoms with Crippen molar-refractivity contribution in [1.82, 2.24) is 0 Å². The van der Waals surface area contributed by atoms with E-state index in [0.717, 1.165) is 6.07 Å². The Morgan fingerprint density at radius 2 is 1.86 bits per heavy atom. The second-order valence-corrected chi connectivity index (χ2v) is 3.67. The third-order valence-electron chi connectivity index (χ3n) is 2.37. The predicted octanol–water partition coefficient (Wildman–Crippen LogP) is 2.52. The van der Waals surface area contributed by atoms with Crippen molar-refractivity contribution in [2.24, 2.45) is 5.92 Å². The van der Waals surface area contributed by atoms with Crippen LogP contribution in [0.4, 0.5) is 8.78 Å². The number of hydrogen-bond acceptors (Lipinski definition) is 1. The maximum atomic E-state index is 12.8. The molecule has 0 aromatic heterocycles. The molecular weight excluding hydrogens is 186 g/mol. The van der Waals surface area contributed by atoms with Crippen LogP contribution in [0, 0.1) is 17.6 Å². The largest absolute Gasteiger partial charge is 0.393 e. The molecule has 0 aliphatic carbocycles. The van der Waals surface area contributed by atoms with E-state index in [1.807, 2.05) is 6.92 Å².